The predicted octanol–water partition coefficient (Wildman–Crippen LogP) is 20.4. The Balaban J connectivity index is 0.000000174. The fraction of sp³-hybridized carbons (Fsp3) is 0.0400. The van der Waals surface area contributed by atoms with Crippen LogP contribution >= 0.6 is 0 Å². The molecule has 404 valence electrons. The van der Waals surface area contributed by atoms with E-state index in [0.29, 0.717) is 0 Å². The number of hydrogen-bond acceptors (Lipinski definition) is 7. The fourth-order valence-corrected chi connectivity index (χ4v) is 10.3. The van der Waals surface area contributed by atoms with Crippen molar-refractivity contribution in [2.24, 2.45) is 0 Å². The molecule has 0 unspecified atom stereocenters. The van der Waals surface area contributed by atoms with Crippen LogP contribution in [0.2, 0.25) is 0 Å². The summed E-state index contributed by atoms with van der Waals surface area (Å²) in [5, 5.41) is 11.1. The third-order valence-corrected chi connectivity index (χ3v) is 14.7. The van der Waals surface area contributed by atoms with Gasteiger partial charge >= 0.3 is 0 Å². The lowest BCUT2D eigenvalue weighted by atomic mass is 10.0. The largest absolute Gasteiger partial charge is 0.497 e. The molecule has 0 radical (unpaired) electrons. The topological polar surface area (TPSA) is 65.3 Å². The molecule has 12 aromatic rings. The molecule has 0 aromatic heterocycles. The molecule has 0 aliphatic rings. The molecule has 0 spiro atoms. The molecular weight excluding hydrogens is 1020 g/mol. The van der Waals surface area contributed by atoms with Crippen molar-refractivity contribution < 1.29 is 9.66 Å². The van der Waals surface area contributed by atoms with E-state index in [1.165, 1.54) is 34.4 Å². The van der Waals surface area contributed by atoms with Crippen molar-refractivity contribution in [3.63, 3.8) is 0 Å². The van der Waals surface area contributed by atoms with Gasteiger partial charge in [-0.15, -0.1) is 0 Å². The SMILES string of the molecule is CN(c1ccc(N(c2cccc(-c3ccccc3)c2)c2cccc(-c3ccccc3)c2)cc1)c1ccc([N+](=O)[O-])cc1.COc1cccc(N(C)c2ccc(N(c3cccc(-c4ccccc4)c3)c3cccc(-c4ccccc4)c3)cc2)c1. The van der Waals surface area contributed by atoms with Crippen LogP contribution in [-0.4, -0.2) is 26.1 Å². The van der Waals surface area contributed by atoms with Crippen LogP contribution in [0.25, 0.3) is 44.5 Å². The van der Waals surface area contributed by atoms with E-state index in [1.807, 2.05) is 42.3 Å². The first-order valence-corrected chi connectivity index (χ1v) is 27.5. The van der Waals surface area contributed by atoms with E-state index in [-0.39, 0.29) is 10.6 Å². The monoisotopic (exact) mass is 1080 g/mol. The second kappa shape index (κ2) is 25.4. The molecule has 0 bridgehead atoms. The van der Waals surface area contributed by atoms with Crippen molar-refractivity contribution in [1.82, 2.24) is 0 Å². The van der Waals surface area contributed by atoms with Crippen molar-refractivity contribution in [1.29, 1.82) is 0 Å². The summed E-state index contributed by atoms with van der Waals surface area (Å²) in [6.07, 6.45) is 0. The van der Waals surface area contributed by atoms with Gasteiger partial charge < -0.3 is 24.3 Å². The molecule has 8 heteroatoms. The van der Waals surface area contributed by atoms with Gasteiger partial charge in [-0.1, -0.05) is 176 Å². The molecular formula is C75H61N5O3. The van der Waals surface area contributed by atoms with Gasteiger partial charge in [0.15, 0.2) is 0 Å². The molecule has 8 nitrogen and oxygen atoms in total. The molecule has 0 N–H and O–H groups in total. The predicted molar refractivity (Wildman–Crippen MR) is 346 cm³/mol. The number of hydrogen-bond donors (Lipinski definition) is 0. The Kier molecular flexibility index (Phi) is 16.6. The highest BCUT2D eigenvalue weighted by molar-refractivity contribution is 5.85. The number of non-ortho nitro benzene ring substituents is 1. The smallest absolute Gasteiger partial charge is 0.269 e. The quantitative estimate of drug-likeness (QED) is 0.0705. The second-order valence-corrected chi connectivity index (χ2v) is 20.0. The Labute approximate surface area is 486 Å². The number of anilines is 10. The first-order chi connectivity index (χ1) is 40.8. The Hall–Kier alpha value is -11.0. The van der Waals surface area contributed by atoms with Gasteiger partial charge in [-0.2, -0.15) is 0 Å². The van der Waals surface area contributed by atoms with E-state index in [2.05, 4.69) is 283 Å². The highest BCUT2D eigenvalue weighted by Crippen LogP contribution is 2.42. The van der Waals surface area contributed by atoms with Crippen LogP contribution in [0.3, 0.4) is 0 Å². The van der Waals surface area contributed by atoms with Crippen molar-refractivity contribution in [2.75, 3.05) is 40.8 Å². The number of methoxy groups -OCH3 is 1. The van der Waals surface area contributed by atoms with Gasteiger partial charge in [0, 0.05) is 89.2 Å². The fourth-order valence-electron chi connectivity index (χ4n) is 10.3. The van der Waals surface area contributed by atoms with E-state index in [9.17, 15) is 10.1 Å². The summed E-state index contributed by atoms with van der Waals surface area (Å²) in [7, 11) is 5.73. The first kappa shape index (κ1) is 54.0. The number of benzene rings is 12. The molecule has 0 atom stereocenters. The van der Waals surface area contributed by atoms with Gasteiger partial charge in [0.1, 0.15) is 5.75 Å². The lowest BCUT2D eigenvalue weighted by Crippen LogP contribution is -2.12. The molecule has 0 aliphatic heterocycles. The Morgan fingerprint density at radius 1 is 0.277 bits per heavy atom. The summed E-state index contributed by atoms with van der Waals surface area (Å²) in [6.45, 7) is 0. The van der Waals surface area contributed by atoms with Gasteiger partial charge in [-0.25, -0.2) is 0 Å². The third-order valence-electron chi connectivity index (χ3n) is 14.7. The zero-order valence-electron chi connectivity index (χ0n) is 46.5. The van der Waals surface area contributed by atoms with E-state index in [4.69, 9.17) is 4.74 Å². The molecule has 0 heterocycles. The number of nitrogens with zero attached hydrogens (tertiary/aromatic N) is 5. The van der Waals surface area contributed by atoms with Crippen LogP contribution in [0, 0.1) is 10.1 Å². The van der Waals surface area contributed by atoms with E-state index < -0.39 is 0 Å². The van der Waals surface area contributed by atoms with Crippen LogP contribution in [-0.2, 0) is 0 Å². The standard InChI is InChI=1S/C38H32N2O.C37H29N3O2/c1-39(35-18-11-21-38(28-35)41-2)33-22-24-34(25-23-33)40(36-19-9-16-31(26-36)29-12-5-3-6-13-29)37-20-10-17-32(27-37)30-14-7-4-8-15-30;1-38(33-20-24-35(25-21-33)40(41)42)32-18-22-34(23-19-32)39(36-16-8-14-30(26-36)28-10-4-2-5-11-28)37-17-9-15-31(27-37)29-12-6-3-7-13-29/h3-28H,1-2H3;2-27H,1H3. The molecule has 0 amide bonds. The summed E-state index contributed by atoms with van der Waals surface area (Å²) >= 11 is 0. The van der Waals surface area contributed by atoms with Gasteiger partial charge in [0.2, 0.25) is 0 Å². The van der Waals surface area contributed by atoms with Crippen molar-refractivity contribution in [3.8, 4) is 50.3 Å². The third kappa shape index (κ3) is 12.7. The van der Waals surface area contributed by atoms with Crippen molar-refractivity contribution in [2.45, 2.75) is 0 Å². The van der Waals surface area contributed by atoms with Gasteiger partial charge in [0.25, 0.3) is 5.69 Å². The Bertz CT molecular complexity index is 3900. The maximum absolute atomic E-state index is 11.1. The van der Waals surface area contributed by atoms with Crippen molar-refractivity contribution >= 4 is 62.6 Å². The second-order valence-electron chi connectivity index (χ2n) is 20.0. The minimum atomic E-state index is -0.382. The molecule has 12 rings (SSSR count). The number of nitro benzene ring substituents is 1. The number of nitro groups is 1. The Morgan fingerprint density at radius 3 is 0.855 bits per heavy atom. The maximum atomic E-state index is 11.1. The number of rotatable bonds is 16. The lowest BCUT2D eigenvalue weighted by Gasteiger charge is -2.27. The van der Waals surface area contributed by atoms with Crippen molar-refractivity contribution in [3.05, 3.63) is 326 Å². The van der Waals surface area contributed by atoms with Crippen LogP contribution < -0.4 is 24.3 Å². The molecule has 0 saturated carbocycles. The minimum Gasteiger partial charge on any atom is -0.497 e. The molecule has 0 saturated heterocycles. The van der Waals surface area contributed by atoms with Crippen LogP contribution in [0.5, 0.6) is 5.75 Å². The first-order valence-electron chi connectivity index (χ1n) is 27.5. The average molecular weight is 1080 g/mol. The zero-order valence-corrected chi connectivity index (χ0v) is 46.5. The van der Waals surface area contributed by atoms with E-state index in [0.717, 1.165) is 84.9 Å². The Morgan fingerprint density at radius 2 is 0.542 bits per heavy atom. The maximum Gasteiger partial charge on any atom is 0.269 e. The number of ether oxygens (including phenoxy) is 1. The van der Waals surface area contributed by atoms with Crippen LogP contribution in [0.15, 0.2) is 315 Å². The van der Waals surface area contributed by atoms with E-state index >= 15 is 0 Å². The zero-order chi connectivity index (χ0) is 56.9. The summed E-state index contributed by atoms with van der Waals surface area (Å²) in [5.41, 5.74) is 19.9. The van der Waals surface area contributed by atoms with E-state index in [1.54, 1.807) is 19.2 Å². The highest BCUT2D eigenvalue weighted by atomic mass is 16.6. The summed E-state index contributed by atoms with van der Waals surface area (Å²) in [6, 6.07) is 108. The average Bonchev–Trinajstić information content (AvgIpc) is 3.63. The van der Waals surface area contributed by atoms with Gasteiger partial charge in [-0.3, -0.25) is 10.1 Å². The summed E-state index contributed by atoms with van der Waals surface area (Å²) in [5.74, 6) is 0.841. The molecule has 0 fully saturated rings. The molecule has 83 heavy (non-hydrogen) atoms. The van der Waals surface area contributed by atoms with Gasteiger partial charge in [0.05, 0.1) is 12.0 Å². The summed E-state index contributed by atoms with van der Waals surface area (Å²) < 4.78 is 5.44. The van der Waals surface area contributed by atoms with Crippen LogP contribution in [0.1, 0.15) is 0 Å². The lowest BCUT2D eigenvalue weighted by molar-refractivity contribution is -0.384. The molecule has 0 aliphatic carbocycles. The van der Waals surface area contributed by atoms with Crippen LogP contribution in [0.4, 0.5) is 62.6 Å². The molecule has 12 aromatic carbocycles. The highest BCUT2D eigenvalue weighted by Gasteiger charge is 2.18. The minimum absolute atomic E-state index is 0.0774. The van der Waals surface area contributed by atoms with Gasteiger partial charge in [-0.05, 0) is 166 Å². The summed E-state index contributed by atoms with van der Waals surface area (Å²) in [4.78, 5) is 19.5. The normalized spacial score (nSPS) is 10.7.